The van der Waals surface area contributed by atoms with Crippen molar-refractivity contribution in [3.8, 4) is 0 Å². The summed E-state index contributed by atoms with van der Waals surface area (Å²) >= 11 is 0. The summed E-state index contributed by atoms with van der Waals surface area (Å²) in [5, 5.41) is 3.04. The Morgan fingerprint density at radius 3 is 2.31 bits per heavy atom. The van der Waals surface area contributed by atoms with Gasteiger partial charge in [-0.05, 0) is 49.4 Å². The number of carbonyl (C=O) groups excluding carboxylic acids is 1. The highest BCUT2D eigenvalue weighted by Gasteiger charge is 2.27. The molecule has 0 spiro atoms. The van der Waals surface area contributed by atoms with Crippen LogP contribution in [0.3, 0.4) is 0 Å². The summed E-state index contributed by atoms with van der Waals surface area (Å²) in [5.41, 5.74) is 2.08. The first kappa shape index (κ1) is 21.5. The highest BCUT2D eigenvalue weighted by molar-refractivity contribution is 7.89. The number of benzene rings is 2. The Balaban J connectivity index is 1.85. The number of aryl methyl sites for hydroxylation is 1. The third-order valence-electron chi connectivity index (χ3n) is 5.55. The fourth-order valence-corrected chi connectivity index (χ4v) is 5.56. The summed E-state index contributed by atoms with van der Waals surface area (Å²) in [4.78, 5) is 13.1. The maximum Gasteiger partial charge on any atom is 0.251 e. The average molecular weight is 415 g/mol. The van der Waals surface area contributed by atoms with E-state index in [0.29, 0.717) is 24.2 Å². The molecule has 2 aromatic carbocycles. The van der Waals surface area contributed by atoms with Crippen LogP contribution in [0.4, 0.5) is 0 Å². The maximum absolute atomic E-state index is 13.2. The Bertz CT molecular complexity index is 934. The predicted molar refractivity (Wildman–Crippen MR) is 115 cm³/mol. The normalized spacial score (nSPS) is 16.8. The Labute approximate surface area is 174 Å². The van der Waals surface area contributed by atoms with Crippen LogP contribution in [-0.2, 0) is 10.0 Å². The van der Waals surface area contributed by atoms with Crippen LogP contribution in [0.5, 0.6) is 0 Å². The minimum Gasteiger partial charge on any atom is -0.345 e. The smallest absolute Gasteiger partial charge is 0.251 e. The third-order valence-corrected chi connectivity index (χ3v) is 7.59. The van der Waals surface area contributed by atoms with Crippen LogP contribution in [-0.4, -0.2) is 31.7 Å². The van der Waals surface area contributed by atoms with E-state index in [9.17, 15) is 13.2 Å². The lowest BCUT2D eigenvalue weighted by Crippen LogP contribution is -2.33. The van der Waals surface area contributed by atoms with Crippen molar-refractivity contribution in [2.45, 2.75) is 56.9 Å². The number of hydrogen-bond acceptors (Lipinski definition) is 3. The van der Waals surface area contributed by atoms with E-state index < -0.39 is 10.0 Å². The summed E-state index contributed by atoms with van der Waals surface area (Å²) in [6, 6.07) is 14.6. The van der Waals surface area contributed by atoms with Gasteiger partial charge in [-0.3, -0.25) is 4.79 Å². The molecule has 0 bridgehead atoms. The molecular weight excluding hydrogens is 384 g/mol. The van der Waals surface area contributed by atoms with Gasteiger partial charge in [0.05, 0.1) is 10.9 Å². The molecule has 156 valence electrons. The minimum absolute atomic E-state index is 0.115. The Hall–Kier alpha value is -2.18. The van der Waals surface area contributed by atoms with Gasteiger partial charge in [-0.2, -0.15) is 4.31 Å². The van der Waals surface area contributed by atoms with Crippen LogP contribution in [0.15, 0.2) is 53.4 Å². The highest BCUT2D eigenvalue weighted by atomic mass is 32.2. The molecule has 0 saturated carbocycles. The quantitative estimate of drug-likeness (QED) is 0.760. The van der Waals surface area contributed by atoms with Gasteiger partial charge in [-0.1, -0.05) is 56.2 Å². The molecule has 1 saturated heterocycles. The molecule has 1 unspecified atom stereocenters. The van der Waals surface area contributed by atoms with E-state index in [-0.39, 0.29) is 16.8 Å². The minimum atomic E-state index is -3.60. The van der Waals surface area contributed by atoms with Crippen LogP contribution >= 0.6 is 0 Å². The van der Waals surface area contributed by atoms with Gasteiger partial charge in [0.2, 0.25) is 10.0 Å². The molecule has 1 amide bonds. The molecule has 1 N–H and O–H groups in total. The third kappa shape index (κ3) is 5.06. The van der Waals surface area contributed by atoms with Gasteiger partial charge in [0.15, 0.2) is 0 Å². The second kappa shape index (κ2) is 9.55. The van der Waals surface area contributed by atoms with E-state index in [1.807, 2.05) is 37.3 Å². The molecule has 0 radical (unpaired) electrons. The molecule has 1 atom stereocenters. The highest BCUT2D eigenvalue weighted by Crippen LogP contribution is 2.25. The second-order valence-corrected chi connectivity index (χ2v) is 9.55. The molecule has 0 aromatic heterocycles. The Kier molecular flexibility index (Phi) is 7.09. The summed E-state index contributed by atoms with van der Waals surface area (Å²) in [7, 11) is -3.60. The number of hydrogen-bond donors (Lipinski definition) is 1. The van der Waals surface area contributed by atoms with Crippen LogP contribution in [0.25, 0.3) is 0 Å². The molecule has 29 heavy (non-hydrogen) atoms. The Morgan fingerprint density at radius 2 is 1.69 bits per heavy atom. The number of nitrogens with zero attached hydrogens (tertiary/aromatic N) is 1. The van der Waals surface area contributed by atoms with Gasteiger partial charge in [0, 0.05) is 18.7 Å². The first-order valence-corrected chi connectivity index (χ1v) is 11.8. The molecule has 0 aliphatic carbocycles. The van der Waals surface area contributed by atoms with E-state index in [4.69, 9.17) is 0 Å². The first-order chi connectivity index (χ1) is 13.9. The van der Waals surface area contributed by atoms with Crippen molar-refractivity contribution in [3.05, 3.63) is 65.2 Å². The standard InChI is InChI=1S/C23H30N2O3S/c1-3-21(19-11-7-6-8-12-19)24-23(26)20-14-13-18(2)22(17-20)29(27,28)25-15-9-4-5-10-16-25/h6-8,11-14,17,21H,3-5,9-10,15-16H2,1-2H3,(H,24,26). The zero-order chi connectivity index (χ0) is 20.9. The number of rotatable bonds is 6. The van der Waals surface area contributed by atoms with Crippen molar-refractivity contribution in [1.29, 1.82) is 0 Å². The summed E-state index contributed by atoms with van der Waals surface area (Å²) in [6.07, 6.45) is 4.64. The van der Waals surface area contributed by atoms with Crippen molar-refractivity contribution in [3.63, 3.8) is 0 Å². The van der Waals surface area contributed by atoms with Crippen molar-refractivity contribution in [2.24, 2.45) is 0 Å². The number of amides is 1. The SMILES string of the molecule is CCC(NC(=O)c1ccc(C)c(S(=O)(=O)N2CCCCCC2)c1)c1ccccc1. The van der Waals surface area contributed by atoms with Crippen LogP contribution < -0.4 is 5.32 Å². The van der Waals surface area contributed by atoms with Gasteiger partial charge in [0.25, 0.3) is 5.91 Å². The topological polar surface area (TPSA) is 66.5 Å². The molecule has 6 heteroatoms. The van der Waals surface area contributed by atoms with Crippen molar-refractivity contribution < 1.29 is 13.2 Å². The van der Waals surface area contributed by atoms with E-state index in [0.717, 1.165) is 37.7 Å². The molecule has 1 aliphatic rings. The zero-order valence-corrected chi connectivity index (χ0v) is 18.0. The molecule has 2 aromatic rings. The number of sulfonamides is 1. The lowest BCUT2D eigenvalue weighted by Gasteiger charge is -2.22. The molecule has 1 heterocycles. The fraction of sp³-hybridized carbons (Fsp3) is 0.435. The van der Waals surface area contributed by atoms with Gasteiger partial charge in [-0.15, -0.1) is 0 Å². The van der Waals surface area contributed by atoms with Crippen LogP contribution in [0.1, 0.15) is 66.6 Å². The van der Waals surface area contributed by atoms with Gasteiger partial charge < -0.3 is 5.32 Å². The van der Waals surface area contributed by atoms with Gasteiger partial charge in [-0.25, -0.2) is 8.42 Å². The largest absolute Gasteiger partial charge is 0.345 e. The molecule has 5 nitrogen and oxygen atoms in total. The number of nitrogens with one attached hydrogen (secondary N) is 1. The van der Waals surface area contributed by atoms with E-state index >= 15 is 0 Å². The van der Waals surface area contributed by atoms with Crippen LogP contribution in [0, 0.1) is 6.92 Å². The molecule has 1 fully saturated rings. The first-order valence-electron chi connectivity index (χ1n) is 10.4. The lowest BCUT2D eigenvalue weighted by molar-refractivity contribution is 0.0935. The Morgan fingerprint density at radius 1 is 1.03 bits per heavy atom. The lowest BCUT2D eigenvalue weighted by atomic mass is 10.0. The van der Waals surface area contributed by atoms with Crippen LogP contribution in [0.2, 0.25) is 0 Å². The summed E-state index contributed by atoms with van der Waals surface area (Å²) in [5.74, 6) is -0.256. The fourth-order valence-electron chi connectivity index (χ4n) is 3.79. The van der Waals surface area contributed by atoms with E-state index in [2.05, 4.69) is 5.32 Å². The van der Waals surface area contributed by atoms with Gasteiger partial charge in [0.1, 0.15) is 0 Å². The molecule has 1 aliphatic heterocycles. The van der Waals surface area contributed by atoms with E-state index in [1.165, 1.54) is 6.07 Å². The predicted octanol–water partition coefficient (Wildman–Crippen LogP) is 4.44. The zero-order valence-electron chi connectivity index (χ0n) is 17.2. The average Bonchev–Trinajstić information content (AvgIpc) is 3.03. The van der Waals surface area contributed by atoms with Gasteiger partial charge >= 0.3 is 0 Å². The summed E-state index contributed by atoms with van der Waals surface area (Å²) < 4.78 is 28.0. The van der Waals surface area contributed by atoms with Crippen molar-refractivity contribution in [2.75, 3.05) is 13.1 Å². The second-order valence-electron chi connectivity index (χ2n) is 7.64. The molecular formula is C23H30N2O3S. The van der Waals surface area contributed by atoms with Crippen molar-refractivity contribution in [1.82, 2.24) is 9.62 Å². The summed E-state index contributed by atoms with van der Waals surface area (Å²) in [6.45, 7) is 4.89. The van der Waals surface area contributed by atoms with E-state index in [1.54, 1.807) is 23.4 Å². The number of carbonyl (C=O) groups is 1. The maximum atomic E-state index is 13.2. The van der Waals surface area contributed by atoms with Crippen molar-refractivity contribution >= 4 is 15.9 Å². The monoisotopic (exact) mass is 414 g/mol. The molecule has 3 rings (SSSR count).